The lowest BCUT2D eigenvalue weighted by Crippen LogP contribution is -2.60. The van der Waals surface area contributed by atoms with Crippen LogP contribution < -0.4 is 5.56 Å². The van der Waals surface area contributed by atoms with Crippen molar-refractivity contribution in [2.75, 3.05) is 19.6 Å². The molecule has 1 aromatic heterocycles. The molecule has 2 bridgehead atoms. The average molecular weight is 419 g/mol. The van der Waals surface area contributed by atoms with Crippen molar-refractivity contribution in [1.29, 1.82) is 0 Å². The molecule has 4 atom stereocenters. The van der Waals surface area contributed by atoms with Crippen LogP contribution >= 0.6 is 0 Å². The van der Waals surface area contributed by atoms with Crippen LogP contribution in [-0.2, 0) is 7.05 Å². The van der Waals surface area contributed by atoms with Gasteiger partial charge in [0, 0.05) is 31.6 Å². The summed E-state index contributed by atoms with van der Waals surface area (Å²) in [6, 6.07) is 8.26. The second-order valence-corrected chi connectivity index (χ2v) is 9.83. The molecule has 3 fully saturated rings. The third-order valence-corrected chi connectivity index (χ3v) is 8.08. The number of aromatic nitrogens is 2. The van der Waals surface area contributed by atoms with Crippen molar-refractivity contribution in [2.24, 2.45) is 18.9 Å². The third kappa shape index (κ3) is 2.99. The Morgan fingerprint density at radius 2 is 1.94 bits per heavy atom. The largest absolute Gasteiger partial charge is 0.330 e. The molecule has 1 amide bonds. The number of nitrogens with zero attached hydrogens (tertiary/aromatic N) is 4. The molecule has 162 valence electrons. The minimum Gasteiger partial charge on any atom is -0.330 e. The quantitative estimate of drug-likeness (QED) is 0.668. The summed E-state index contributed by atoms with van der Waals surface area (Å²) < 4.78 is 1.31. The molecule has 4 aliphatic rings. The molecule has 6 heteroatoms. The molecule has 1 aromatic carbocycles. The second kappa shape index (κ2) is 7.30. The Labute approximate surface area is 182 Å². The number of aryl methyl sites for hydroxylation is 1. The fourth-order valence-electron chi connectivity index (χ4n) is 6.79. The van der Waals surface area contributed by atoms with Gasteiger partial charge >= 0.3 is 0 Å². The minimum absolute atomic E-state index is 0.0263. The van der Waals surface area contributed by atoms with Crippen LogP contribution in [0, 0.1) is 11.8 Å². The Balaban J connectivity index is 1.40. The van der Waals surface area contributed by atoms with E-state index in [1.54, 1.807) is 13.1 Å². The van der Waals surface area contributed by atoms with E-state index in [2.05, 4.69) is 21.0 Å². The molecule has 0 unspecified atom stereocenters. The van der Waals surface area contributed by atoms with E-state index >= 15 is 0 Å². The number of amides is 1. The Morgan fingerprint density at radius 1 is 1.10 bits per heavy atom. The summed E-state index contributed by atoms with van der Waals surface area (Å²) in [5.41, 5.74) is 1.73. The minimum atomic E-state index is -0.157. The molecule has 0 radical (unpaired) electrons. The van der Waals surface area contributed by atoms with Gasteiger partial charge in [0.2, 0.25) is 0 Å². The first-order chi connectivity index (χ1) is 15.1. The number of hydrogen-bond donors (Lipinski definition) is 0. The molecule has 6 rings (SSSR count). The van der Waals surface area contributed by atoms with Crippen molar-refractivity contribution in [3.05, 3.63) is 52.0 Å². The number of carbonyl (C=O) groups excluding carboxylic acids is 1. The maximum absolute atomic E-state index is 13.9. The lowest BCUT2D eigenvalue weighted by molar-refractivity contribution is 0.00131. The summed E-state index contributed by atoms with van der Waals surface area (Å²) in [5.74, 6) is 1.13. The number of benzene rings is 1. The number of piperidine rings is 3. The highest BCUT2D eigenvalue weighted by Crippen LogP contribution is 2.45. The molecular weight excluding hydrogens is 388 g/mol. The molecule has 31 heavy (non-hydrogen) atoms. The Kier molecular flexibility index (Phi) is 4.53. The van der Waals surface area contributed by atoms with Gasteiger partial charge in [-0.05, 0) is 56.6 Å². The van der Waals surface area contributed by atoms with E-state index in [0.29, 0.717) is 34.3 Å². The molecule has 3 aliphatic heterocycles. The summed E-state index contributed by atoms with van der Waals surface area (Å²) in [6.45, 7) is 3.08. The Morgan fingerprint density at radius 3 is 2.81 bits per heavy atom. The highest BCUT2D eigenvalue weighted by atomic mass is 16.2. The summed E-state index contributed by atoms with van der Waals surface area (Å²) in [6.07, 6.45) is 9.82. The van der Waals surface area contributed by atoms with E-state index in [4.69, 9.17) is 0 Å². The molecule has 4 heterocycles. The van der Waals surface area contributed by atoms with Crippen molar-refractivity contribution in [3.63, 3.8) is 0 Å². The lowest BCUT2D eigenvalue weighted by Gasteiger charge is -2.54. The zero-order valence-electron chi connectivity index (χ0n) is 18.2. The number of likely N-dealkylation sites (tertiary alicyclic amines) is 1. The number of rotatable bonds is 1. The summed E-state index contributed by atoms with van der Waals surface area (Å²) in [5, 5.41) is 5.67. The van der Waals surface area contributed by atoms with Gasteiger partial charge in [0.25, 0.3) is 11.5 Å². The van der Waals surface area contributed by atoms with Crippen molar-refractivity contribution >= 4 is 16.7 Å². The standard InChI is InChI=1S/C25H30N4O2/c1-27-24(30)20-9-3-2-8-19(20)22(26-27)25(31)29-12-6-7-16-13-17-14-18(23(16)29)15-28-11-5-4-10-21(17)28/h2-3,8-9,13,17-18,21,23H,4-7,10-12,14-15H2,1H3/t17-,18+,21-,23-/m1/s1. The first-order valence-electron chi connectivity index (χ1n) is 11.8. The summed E-state index contributed by atoms with van der Waals surface area (Å²) in [4.78, 5) is 31.2. The van der Waals surface area contributed by atoms with Gasteiger partial charge in [0.15, 0.2) is 5.69 Å². The third-order valence-electron chi connectivity index (χ3n) is 8.08. The van der Waals surface area contributed by atoms with Crippen LogP contribution in [0.4, 0.5) is 0 Å². The summed E-state index contributed by atoms with van der Waals surface area (Å²) in [7, 11) is 1.63. The molecule has 2 aromatic rings. The van der Waals surface area contributed by atoms with E-state index in [0.717, 1.165) is 25.9 Å². The van der Waals surface area contributed by atoms with Crippen LogP contribution in [0.15, 0.2) is 40.7 Å². The van der Waals surface area contributed by atoms with E-state index in [9.17, 15) is 9.59 Å². The predicted molar refractivity (Wildman–Crippen MR) is 120 cm³/mol. The fraction of sp³-hybridized carbons (Fsp3) is 0.560. The smallest absolute Gasteiger partial charge is 0.275 e. The fourth-order valence-corrected chi connectivity index (χ4v) is 6.79. The number of hydrogen-bond acceptors (Lipinski definition) is 4. The van der Waals surface area contributed by atoms with Gasteiger partial charge in [-0.15, -0.1) is 0 Å². The van der Waals surface area contributed by atoms with E-state index in [1.807, 2.05) is 18.2 Å². The van der Waals surface area contributed by atoms with Crippen LogP contribution in [0.5, 0.6) is 0 Å². The zero-order valence-corrected chi connectivity index (χ0v) is 18.2. The lowest BCUT2D eigenvalue weighted by atomic mass is 9.68. The second-order valence-electron chi connectivity index (χ2n) is 9.83. The normalized spacial score (nSPS) is 30.5. The van der Waals surface area contributed by atoms with Gasteiger partial charge in [-0.3, -0.25) is 14.5 Å². The zero-order chi connectivity index (χ0) is 21.1. The number of carbonyl (C=O) groups is 1. The topological polar surface area (TPSA) is 58.4 Å². The first kappa shape index (κ1) is 19.2. The van der Waals surface area contributed by atoms with Gasteiger partial charge in [0.05, 0.1) is 11.4 Å². The van der Waals surface area contributed by atoms with Gasteiger partial charge in [-0.2, -0.15) is 5.10 Å². The summed E-state index contributed by atoms with van der Waals surface area (Å²) >= 11 is 0. The van der Waals surface area contributed by atoms with Crippen molar-refractivity contribution in [3.8, 4) is 0 Å². The van der Waals surface area contributed by atoms with Crippen molar-refractivity contribution < 1.29 is 4.79 Å². The molecule has 1 aliphatic carbocycles. The first-order valence-corrected chi connectivity index (χ1v) is 11.8. The maximum atomic E-state index is 13.9. The predicted octanol–water partition coefficient (Wildman–Crippen LogP) is 2.97. The van der Waals surface area contributed by atoms with Crippen LogP contribution in [0.25, 0.3) is 10.8 Å². The van der Waals surface area contributed by atoms with Crippen LogP contribution in [-0.4, -0.2) is 57.2 Å². The maximum Gasteiger partial charge on any atom is 0.275 e. The molecule has 6 nitrogen and oxygen atoms in total. The van der Waals surface area contributed by atoms with Crippen LogP contribution in [0.2, 0.25) is 0 Å². The van der Waals surface area contributed by atoms with Crippen molar-refractivity contribution in [2.45, 2.75) is 50.6 Å². The van der Waals surface area contributed by atoms with Gasteiger partial charge < -0.3 is 4.90 Å². The van der Waals surface area contributed by atoms with Crippen molar-refractivity contribution in [1.82, 2.24) is 19.6 Å². The molecule has 3 saturated heterocycles. The van der Waals surface area contributed by atoms with E-state index in [1.165, 1.54) is 42.5 Å². The molecule has 0 saturated carbocycles. The van der Waals surface area contributed by atoms with Crippen LogP contribution in [0.1, 0.15) is 49.0 Å². The van der Waals surface area contributed by atoms with Gasteiger partial charge in [0.1, 0.15) is 0 Å². The molecule has 0 N–H and O–H groups in total. The van der Waals surface area contributed by atoms with Gasteiger partial charge in [-0.1, -0.05) is 36.3 Å². The monoisotopic (exact) mass is 418 g/mol. The Hall–Kier alpha value is -2.47. The molecular formula is C25H30N4O2. The Bertz CT molecular complexity index is 1140. The SMILES string of the molecule is Cn1nc(C(=O)N2CCCC3=C[C@@H]4C[C@@H](CN5CCCC[C@H]45)[C@@H]32)c2ccccc2c1=O. The van der Waals surface area contributed by atoms with E-state index < -0.39 is 0 Å². The highest BCUT2D eigenvalue weighted by molar-refractivity contribution is 6.05. The van der Waals surface area contributed by atoms with Crippen LogP contribution in [0.3, 0.4) is 0 Å². The number of fused-ring (bicyclic) bond motifs is 7. The van der Waals surface area contributed by atoms with E-state index in [-0.39, 0.29) is 17.5 Å². The molecule has 0 spiro atoms. The van der Waals surface area contributed by atoms with Gasteiger partial charge in [-0.25, -0.2) is 4.68 Å². The average Bonchev–Trinajstić information content (AvgIpc) is 2.81. The highest BCUT2D eigenvalue weighted by Gasteiger charge is 2.47.